The average molecular weight is 262 g/mol. The Morgan fingerprint density at radius 3 is 2.95 bits per heavy atom. The van der Waals surface area contributed by atoms with E-state index < -0.39 is 5.97 Å². The van der Waals surface area contributed by atoms with E-state index in [-0.39, 0.29) is 17.1 Å². The first-order chi connectivity index (χ1) is 9.10. The number of aromatic nitrogens is 3. The summed E-state index contributed by atoms with van der Waals surface area (Å²) in [6.07, 6.45) is 5.46. The predicted octanol–water partition coefficient (Wildman–Crippen LogP) is 1.76. The van der Waals surface area contributed by atoms with Crippen LogP contribution in [0.25, 0.3) is 0 Å². The molecule has 0 bridgehead atoms. The molecule has 3 N–H and O–H groups in total. The zero-order valence-corrected chi connectivity index (χ0v) is 10.4. The first-order valence-electron chi connectivity index (χ1n) is 5.79. The molecule has 2 aromatic heterocycles. The Hall–Kier alpha value is -2.57. The smallest absolute Gasteiger partial charge is 0.337 e. The molecule has 0 radical (unpaired) electrons. The number of ether oxygens (including phenoxy) is 1. The number of aryl methyl sites for hydroxylation is 1. The number of pyridine rings is 1. The summed E-state index contributed by atoms with van der Waals surface area (Å²) < 4.78 is 7.21. The van der Waals surface area contributed by atoms with Gasteiger partial charge >= 0.3 is 5.97 Å². The Morgan fingerprint density at radius 2 is 2.32 bits per heavy atom. The number of nitrogens with two attached hydrogens (primary N) is 1. The highest BCUT2D eigenvalue weighted by Gasteiger charge is 2.10. The molecule has 19 heavy (non-hydrogen) atoms. The minimum absolute atomic E-state index is 0.0199. The first kappa shape index (κ1) is 12.9. The zero-order valence-electron chi connectivity index (χ0n) is 10.4. The van der Waals surface area contributed by atoms with Crippen molar-refractivity contribution in [1.29, 1.82) is 0 Å². The molecule has 2 rings (SSSR count). The molecule has 0 aliphatic heterocycles. The number of hydrogen-bond acceptors (Lipinski definition) is 5. The normalized spacial score (nSPS) is 10.4. The minimum Gasteiger partial charge on any atom is -0.478 e. The van der Waals surface area contributed by atoms with E-state index in [0.29, 0.717) is 5.75 Å². The Bertz CT molecular complexity index is 594. The van der Waals surface area contributed by atoms with Crippen LogP contribution in [0, 0.1) is 0 Å². The lowest BCUT2D eigenvalue weighted by atomic mass is 10.2. The third-order valence-electron chi connectivity index (χ3n) is 2.40. The first-order valence-corrected chi connectivity index (χ1v) is 5.79. The number of nitrogens with zero attached hydrogens (tertiary/aromatic N) is 3. The van der Waals surface area contributed by atoms with Gasteiger partial charge in [-0.15, -0.1) is 0 Å². The standard InChI is InChI=1S/C12H14N4O3/c1-2-3-16-7-9(6-15-16)19-11-10(13)4-8(5-14-11)12(17)18/h4-7H,2-3,13H2,1H3,(H,17,18). The van der Waals surface area contributed by atoms with Crippen LogP contribution in [-0.4, -0.2) is 25.8 Å². The van der Waals surface area contributed by atoms with Crippen molar-refractivity contribution in [1.82, 2.24) is 14.8 Å². The van der Waals surface area contributed by atoms with E-state index in [9.17, 15) is 4.79 Å². The number of anilines is 1. The van der Waals surface area contributed by atoms with Crippen molar-refractivity contribution in [2.24, 2.45) is 0 Å². The van der Waals surface area contributed by atoms with Gasteiger partial charge in [0, 0.05) is 12.7 Å². The molecule has 0 unspecified atom stereocenters. The predicted molar refractivity (Wildman–Crippen MR) is 68.2 cm³/mol. The summed E-state index contributed by atoms with van der Waals surface area (Å²) in [5.74, 6) is -0.404. The van der Waals surface area contributed by atoms with Crippen molar-refractivity contribution >= 4 is 11.7 Å². The Labute approximate surface area is 109 Å². The molecule has 7 heteroatoms. The highest BCUT2D eigenvalue weighted by molar-refractivity contribution is 5.88. The van der Waals surface area contributed by atoms with Crippen molar-refractivity contribution < 1.29 is 14.6 Å². The maximum absolute atomic E-state index is 10.7. The van der Waals surface area contributed by atoms with Crippen molar-refractivity contribution in [3.8, 4) is 11.6 Å². The fraction of sp³-hybridized carbons (Fsp3) is 0.250. The number of hydrogen-bond donors (Lipinski definition) is 2. The SMILES string of the molecule is CCCn1cc(Oc2ncc(C(=O)O)cc2N)cn1. The van der Waals surface area contributed by atoms with Gasteiger partial charge in [-0.05, 0) is 12.5 Å². The fourth-order valence-corrected chi connectivity index (χ4v) is 1.53. The monoisotopic (exact) mass is 262 g/mol. The lowest BCUT2D eigenvalue weighted by molar-refractivity contribution is 0.0696. The lowest BCUT2D eigenvalue weighted by Gasteiger charge is -2.05. The van der Waals surface area contributed by atoms with Gasteiger partial charge in [0.1, 0.15) is 0 Å². The van der Waals surface area contributed by atoms with E-state index in [2.05, 4.69) is 10.1 Å². The quantitative estimate of drug-likeness (QED) is 0.851. The summed E-state index contributed by atoms with van der Waals surface area (Å²) in [6, 6.07) is 1.31. The Kier molecular flexibility index (Phi) is 3.65. The summed E-state index contributed by atoms with van der Waals surface area (Å²) in [5, 5.41) is 12.9. The van der Waals surface area contributed by atoms with Gasteiger partial charge in [-0.3, -0.25) is 4.68 Å². The molecule has 0 fully saturated rings. The van der Waals surface area contributed by atoms with Crippen LogP contribution in [0.5, 0.6) is 11.6 Å². The molecule has 0 aliphatic rings. The molecule has 0 aliphatic carbocycles. The van der Waals surface area contributed by atoms with Crippen LogP contribution in [0.4, 0.5) is 5.69 Å². The number of carbonyl (C=O) groups is 1. The number of carboxylic acid groups (broad SMARTS) is 1. The second kappa shape index (κ2) is 5.38. The van der Waals surface area contributed by atoms with Crippen LogP contribution in [0.3, 0.4) is 0 Å². The van der Waals surface area contributed by atoms with Gasteiger partial charge in [-0.2, -0.15) is 5.10 Å². The summed E-state index contributed by atoms with van der Waals surface area (Å²) in [5.41, 5.74) is 5.88. The van der Waals surface area contributed by atoms with Gasteiger partial charge in [0.05, 0.1) is 23.6 Å². The number of carboxylic acids is 1. The van der Waals surface area contributed by atoms with Gasteiger partial charge in [0.2, 0.25) is 5.88 Å². The molecule has 0 saturated carbocycles. The van der Waals surface area contributed by atoms with Gasteiger partial charge in [-0.1, -0.05) is 6.92 Å². The third-order valence-corrected chi connectivity index (χ3v) is 2.40. The summed E-state index contributed by atoms with van der Waals surface area (Å²) in [7, 11) is 0. The Morgan fingerprint density at radius 1 is 1.53 bits per heavy atom. The molecule has 2 heterocycles. The van der Waals surface area contributed by atoms with Crippen LogP contribution in [0.1, 0.15) is 23.7 Å². The van der Waals surface area contributed by atoms with Crippen LogP contribution in [-0.2, 0) is 6.54 Å². The van der Waals surface area contributed by atoms with E-state index in [4.69, 9.17) is 15.6 Å². The average Bonchev–Trinajstić information content (AvgIpc) is 2.79. The molecular weight excluding hydrogens is 248 g/mol. The maximum atomic E-state index is 10.7. The summed E-state index contributed by atoms with van der Waals surface area (Å²) in [4.78, 5) is 14.6. The van der Waals surface area contributed by atoms with E-state index in [0.717, 1.165) is 13.0 Å². The largest absolute Gasteiger partial charge is 0.478 e. The van der Waals surface area contributed by atoms with Gasteiger partial charge in [-0.25, -0.2) is 9.78 Å². The summed E-state index contributed by atoms with van der Waals surface area (Å²) in [6.45, 7) is 2.84. The van der Waals surface area contributed by atoms with Crippen LogP contribution in [0.15, 0.2) is 24.7 Å². The number of rotatable bonds is 5. The van der Waals surface area contributed by atoms with E-state index in [1.165, 1.54) is 12.3 Å². The highest BCUT2D eigenvalue weighted by atomic mass is 16.5. The second-order valence-corrected chi connectivity index (χ2v) is 3.96. The topological polar surface area (TPSA) is 103 Å². The van der Waals surface area contributed by atoms with E-state index in [1.54, 1.807) is 17.1 Å². The van der Waals surface area contributed by atoms with Crippen LogP contribution in [0.2, 0.25) is 0 Å². The number of aromatic carboxylic acids is 1. The fourth-order valence-electron chi connectivity index (χ4n) is 1.53. The molecular formula is C12H14N4O3. The second-order valence-electron chi connectivity index (χ2n) is 3.96. The summed E-state index contributed by atoms with van der Waals surface area (Å²) >= 11 is 0. The third kappa shape index (κ3) is 3.01. The molecule has 0 spiro atoms. The van der Waals surface area contributed by atoms with E-state index in [1.807, 2.05) is 6.92 Å². The minimum atomic E-state index is -1.08. The van der Waals surface area contributed by atoms with Crippen molar-refractivity contribution in [3.05, 3.63) is 30.2 Å². The molecule has 100 valence electrons. The van der Waals surface area contributed by atoms with Crippen molar-refractivity contribution in [2.75, 3.05) is 5.73 Å². The Balaban J connectivity index is 2.16. The molecule has 0 saturated heterocycles. The highest BCUT2D eigenvalue weighted by Crippen LogP contribution is 2.25. The molecule has 2 aromatic rings. The molecule has 0 atom stereocenters. The maximum Gasteiger partial charge on any atom is 0.337 e. The molecule has 0 amide bonds. The van der Waals surface area contributed by atoms with Gasteiger partial charge < -0.3 is 15.6 Å². The van der Waals surface area contributed by atoms with Gasteiger partial charge in [0.15, 0.2) is 5.75 Å². The number of nitrogen functional groups attached to an aromatic ring is 1. The van der Waals surface area contributed by atoms with Crippen LogP contribution < -0.4 is 10.5 Å². The molecule has 7 nitrogen and oxygen atoms in total. The van der Waals surface area contributed by atoms with E-state index >= 15 is 0 Å². The lowest BCUT2D eigenvalue weighted by Crippen LogP contribution is -2.01. The van der Waals surface area contributed by atoms with Gasteiger partial charge in [0.25, 0.3) is 0 Å². The molecule has 0 aromatic carbocycles. The van der Waals surface area contributed by atoms with Crippen molar-refractivity contribution in [2.45, 2.75) is 19.9 Å². The zero-order chi connectivity index (χ0) is 13.8. The van der Waals surface area contributed by atoms with Crippen LogP contribution >= 0.6 is 0 Å². The van der Waals surface area contributed by atoms with Crippen molar-refractivity contribution in [3.63, 3.8) is 0 Å².